The molecule has 2 amide bonds. The number of para-hydroxylation sites is 1. The van der Waals surface area contributed by atoms with Crippen LogP contribution in [0.3, 0.4) is 0 Å². The van der Waals surface area contributed by atoms with Gasteiger partial charge in [0.25, 0.3) is 11.8 Å². The molecule has 1 atom stereocenters. The highest BCUT2D eigenvalue weighted by molar-refractivity contribution is 6.45. The van der Waals surface area contributed by atoms with Gasteiger partial charge in [0.05, 0.1) is 18.4 Å². The van der Waals surface area contributed by atoms with E-state index in [0.717, 1.165) is 18.4 Å². The van der Waals surface area contributed by atoms with Crippen molar-refractivity contribution in [1.82, 2.24) is 4.90 Å². The Morgan fingerprint density at radius 3 is 2.44 bits per heavy atom. The third-order valence-electron chi connectivity index (χ3n) is 6.35. The zero-order chi connectivity index (χ0) is 22.8. The molecule has 0 radical (unpaired) electrons. The van der Waals surface area contributed by atoms with Crippen molar-refractivity contribution in [3.8, 4) is 5.75 Å². The molecule has 1 saturated heterocycles. The van der Waals surface area contributed by atoms with E-state index in [1.807, 2.05) is 47.4 Å². The van der Waals surface area contributed by atoms with E-state index in [9.17, 15) is 14.7 Å². The fourth-order valence-electron chi connectivity index (χ4n) is 4.57. The summed E-state index contributed by atoms with van der Waals surface area (Å²) >= 11 is 0. The number of piperidine rings is 1. The normalized spacial score (nSPS) is 19.3. The number of methoxy groups -OCH3 is 1. The Hall–Kier alpha value is -3.12. The SMILES string of the molecule is COc1ccccc1C1=C(N2CCCC(CO)C2)C(=O)N(c2ccc(C(C)C)cc2)C1=O. The molecule has 6 heteroatoms. The first-order valence-corrected chi connectivity index (χ1v) is 11.2. The Balaban J connectivity index is 1.81. The minimum atomic E-state index is -0.349. The van der Waals surface area contributed by atoms with Gasteiger partial charge in [-0.2, -0.15) is 0 Å². The lowest BCUT2D eigenvalue weighted by atomic mass is 9.96. The summed E-state index contributed by atoms with van der Waals surface area (Å²) in [5.74, 6) is 0.312. The van der Waals surface area contributed by atoms with E-state index in [1.165, 1.54) is 4.90 Å². The van der Waals surface area contributed by atoms with Crippen LogP contribution in [0.25, 0.3) is 5.57 Å². The van der Waals surface area contributed by atoms with Gasteiger partial charge < -0.3 is 14.7 Å². The summed E-state index contributed by atoms with van der Waals surface area (Å²) in [6.07, 6.45) is 1.77. The lowest BCUT2D eigenvalue weighted by Gasteiger charge is -2.34. The largest absolute Gasteiger partial charge is 0.496 e. The average molecular weight is 435 g/mol. The molecule has 0 saturated carbocycles. The van der Waals surface area contributed by atoms with E-state index in [4.69, 9.17) is 4.74 Å². The number of aliphatic hydroxyl groups excluding tert-OH is 1. The van der Waals surface area contributed by atoms with Gasteiger partial charge in [-0.25, -0.2) is 4.90 Å². The van der Waals surface area contributed by atoms with Gasteiger partial charge in [0.1, 0.15) is 11.4 Å². The number of likely N-dealkylation sites (tertiary alicyclic amines) is 1. The van der Waals surface area contributed by atoms with Crippen molar-refractivity contribution in [2.24, 2.45) is 5.92 Å². The third kappa shape index (κ3) is 3.91. The third-order valence-corrected chi connectivity index (χ3v) is 6.35. The Morgan fingerprint density at radius 2 is 1.78 bits per heavy atom. The van der Waals surface area contributed by atoms with Crippen LogP contribution >= 0.6 is 0 Å². The molecule has 2 heterocycles. The van der Waals surface area contributed by atoms with Gasteiger partial charge in [0.15, 0.2) is 0 Å². The smallest absolute Gasteiger partial charge is 0.282 e. The van der Waals surface area contributed by atoms with E-state index in [0.29, 0.717) is 47.3 Å². The Kier molecular flexibility index (Phi) is 6.33. The van der Waals surface area contributed by atoms with Gasteiger partial charge in [-0.1, -0.05) is 44.2 Å². The maximum Gasteiger partial charge on any atom is 0.282 e. The van der Waals surface area contributed by atoms with Gasteiger partial charge in [-0.05, 0) is 48.4 Å². The molecule has 6 nitrogen and oxygen atoms in total. The number of aliphatic hydroxyl groups is 1. The maximum absolute atomic E-state index is 13.7. The van der Waals surface area contributed by atoms with Crippen LogP contribution in [0.2, 0.25) is 0 Å². The number of benzene rings is 2. The molecule has 4 rings (SSSR count). The highest BCUT2D eigenvalue weighted by atomic mass is 16.5. The van der Waals surface area contributed by atoms with E-state index < -0.39 is 0 Å². The van der Waals surface area contributed by atoms with Gasteiger partial charge in [0, 0.05) is 25.3 Å². The maximum atomic E-state index is 13.7. The number of rotatable bonds is 6. The molecule has 2 aliphatic rings. The molecule has 0 aromatic heterocycles. The predicted molar refractivity (Wildman–Crippen MR) is 124 cm³/mol. The molecular weight excluding hydrogens is 404 g/mol. The number of ether oxygens (including phenoxy) is 1. The fourth-order valence-corrected chi connectivity index (χ4v) is 4.57. The molecule has 2 aromatic carbocycles. The molecule has 0 aliphatic carbocycles. The first kappa shape index (κ1) is 22.1. The standard InChI is InChI=1S/C26H30N2O4/c1-17(2)19-10-12-20(13-11-19)28-25(30)23(21-8-4-5-9-22(21)32-3)24(26(28)31)27-14-6-7-18(15-27)16-29/h4-5,8-13,17-18,29H,6-7,14-16H2,1-3H3. The van der Waals surface area contributed by atoms with Crippen LogP contribution in [-0.4, -0.2) is 48.6 Å². The van der Waals surface area contributed by atoms with E-state index in [-0.39, 0.29) is 24.3 Å². The zero-order valence-electron chi connectivity index (χ0n) is 18.9. The number of carbonyl (C=O) groups excluding carboxylic acids is 2. The topological polar surface area (TPSA) is 70.1 Å². The number of nitrogens with zero attached hydrogens (tertiary/aromatic N) is 2. The fraction of sp³-hybridized carbons (Fsp3) is 0.385. The number of imide groups is 1. The monoisotopic (exact) mass is 434 g/mol. The number of hydrogen-bond donors (Lipinski definition) is 1. The van der Waals surface area contributed by atoms with Gasteiger partial charge in [-0.3, -0.25) is 9.59 Å². The van der Waals surface area contributed by atoms with Crippen molar-refractivity contribution >= 4 is 23.1 Å². The predicted octanol–water partition coefficient (Wildman–Crippen LogP) is 3.81. The zero-order valence-corrected chi connectivity index (χ0v) is 18.9. The minimum Gasteiger partial charge on any atom is -0.496 e. The van der Waals surface area contributed by atoms with E-state index in [1.54, 1.807) is 13.2 Å². The van der Waals surface area contributed by atoms with Crippen LogP contribution in [0.5, 0.6) is 5.75 Å². The van der Waals surface area contributed by atoms with Crippen molar-refractivity contribution in [1.29, 1.82) is 0 Å². The van der Waals surface area contributed by atoms with Gasteiger partial charge >= 0.3 is 0 Å². The summed E-state index contributed by atoms with van der Waals surface area (Å²) in [7, 11) is 1.56. The Labute approximate surface area is 189 Å². The molecule has 0 bridgehead atoms. The van der Waals surface area contributed by atoms with Crippen LogP contribution in [-0.2, 0) is 9.59 Å². The summed E-state index contributed by atoms with van der Waals surface area (Å²) < 4.78 is 5.53. The van der Waals surface area contributed by atoms with Gasteiger partial charge in [-0.15, -0.1) is 0 Å². The van der Waals surface area contributed by atoms with Gasteiger partial charge in [0.2, 0.25) is 0 Å². The number of hydrogen-bond acceptors (Lipinski definition) is 5. The lowest BCUT2D eigenvalue weighted by Crippen LogP contribution is -2.40. The molecule has 1 fully saturated rings. The van der Waals surface area contributed by atoms with Crippen LogP contribution in [0, 0.1) is 5.92 Å². The Bertz CT molecular complexity index is 1040. The molecule has 2 aliphatic heterocycles. The molecule has 2 aromatic rings. The summed E-state index contributed by atoms with van der Waals surface area (Å²) in [5, 5.41) is 9.71. The number of anilines is 1. The quantitative estimate of drug-likeness (QED) is 0.700. The second-order valence-electron chi connectivity index (χ2n) is 8.75. The summed E-state index contributed by atoms with van der Waals surface area (Å²) in [6.45, 7) is 5.49. The number of amides is 2. The molecular formula is C26H30N2O4. The highest BCUT2D eigenvalue weighted by Gasteiger charge is 2.44. The lowest BCUT2D eigenvalue weighted by molar-refractivity contribution is -0.120. The molecule has 0 spiro atoms. The summed E-state index contributed by atoms with van der Waals surface area (Å²) in [5.41, 5.74) is 3.07. The summed E-state index contributed by atoms with van der Waals surface area (Å²) in [4.78, 5) is 30.7. The van der Waals surface area contributed by atoms with Crippen LogP contribution < -0.4 is 9.64 Å². The van der Waals surface area contributed by atoms with Crippen molar-refractivity contribution in [2.45, 2.75) is 32.6 Å². The van der Waals surface area contributed by atoms with Crippen LogP contribution in [0.15, 0.2) is 54.2 Å². The van der Waals surface area contributed by atoms with Crippen LogP contribution in [0.1, 0.15) is 43.7 Å². The highest BCUT2D eigenvalue weighted by Crippen LogP contribution is 2.39. The molecule has 1 N–H and O–H groups in total. The first-order valence-electron chi connectivity index (χ1n) is 11.2. The molecule has 1 unspecified atom stereocenters. The molecule has 32 heavy (non-hydrogen) atoms. The first-order chi connectivity index (χ1) is 15.5. The van der Waals surface area contributed by atoms with E-state index >= 15 is 0 Å². The summed E-state index contributed by atoms with van der Waals surface area (Å²) in [6, 6.07) is 14.9. The second-order valence-corrected chi connectivity index (χ2v) is 8.75. The van der Waals surface area contributed by atoms with Crippen molar-refractivity contribution < 1.29 is 19.4 Å². The average Bonchev–Trinajstić information content (AvgIpc) is 3.08. The minimum absolute atomic E-state index is 0.0658. The van der Waals surface area contributed by atoms with Crippen molar-refractivity contribution in [3.63, 3.8) is 0 Å². The van der Waals surface area contributed by atoms with Crippen LogP contribution in [0.4, 0.5) is 5.69 Å². The molecule has 168 valence electrons. The second kappa shape index (κ2) is 9.17. The number of carbonyl (C=O) groups is 2. The Morgan fingerprint density at radius 1 is 1.06 bits per heavy atom. The van der Waals surface area contributed by atoms with Crippen molar-refractivity contribution in [3.05, 3.63) is 65.4 Å². The van der Waals surface area contributed by atoms with E-state index in [2.05, 4.69) is 13.8 Å². The van der Waals surface area contributed by atoms with Crippen molar-refractivity contribution in [2.75, 3.05) is 31.7 Å².